The lowest BCUT2D eigenvalue weighted by Gasteiger charge is -2.26. The number of carbonyl (C=O) groups is 1. The lowest BCUT2D eigenvalue weighted by Crippen LogP contribution is -2.43. The summed E-state index contributed by atoms with van der Waals surface area (Å²) in [4.78, 5) is 11.6. The molecular weight excluding hydrogens is 242 g/mol. The molecule has 104 valence electrons. The normalized spacial score (nSPS) is 18.4. The molecule has 0 aromatic heterocycles. The SMILES string of the molecule is O=C(NCC1(O)CCCCCC1)Oc1ccccc1. The Labute approximate surface area is 113 Å². The largest absolute Gasteiger partial charge is 0.412 e. The molecule has 1 aliphatic rings. The third-order valence-electron chi connectivity index (χ3n) is 3.55. The van der Waals surface area contributed by atoms with E-state index in [1.165, 1.54) is 0 Å². The van der Waals surface area contributed by atoms with Gasteiger partial charge in [-0.05, 0) is 25.0 Å². The molecule has 1 fully saturated rings. The van der Waals surface area contributed by atoms with E-state index in [4.69, 9.17) is 4.74 Å². The number of para-hydroxylation sites is 1. The van der Waals surface area contributed by atoms with Gasteiger partial charge in [0.25, 0.3) is 0 Å². The van der Waals surface area contributed by atoms with E-state index in [1.807, 2.05) is 6.07 Å². The highest BCUT2D eigenvalue weighted by Crippen LogP contribution is 2.26. The van der Waals surface area contributed by atoms with E-state index in [9.17, 15) is 9.90 Å². The number of hydrogen-bond donors (Lipinski definition) is 2. The lowest BCUT2D eigenvalue weighted by atomic mass is 9.95. The first kappa shape index (κ1) is 13.9. The summed E-state index contributed by atoms with van der Waals surface area (Å²) in [5.74, 6) is 0.507. The Morgan fingerprint density at radius 1 is 1.16 bits per heavy atom. The molecule has 1 amide bonds. The zero-order valence-corrected chi connectivity index (χ0v) is 11.1. The van der Waals surface area contributed by atoms with E-state index in [1.54, 1.807) is 24.3 Å². The van der Waals surface area contributed by atoms with E-state index >= 15 is 0 Å². The van der Waals surface area contributed by atoms with Crippen LogP contribution in [0.15, 0.2) is 30.3 Å². The van der Waals surface area contributed by atoms with E-state index < -0.39 is 11.7 Å². The van der Waals surface area contributed by atoms with Crippen LogP contribution in [0.2, 0.25) is 0 Å². The highest BCUT2D eigenvalue weighted by Gasteiger charge is 2.28. The molecule has 0 heterocycles. The molecule has 2 rings (SSSR count). The summed E-state index contributed by atoms with van der Waals surface area (Å²) < 4.78 is 5.12. The molecule has 1 aromatic rings. The van der Waals surface area contributed by atoms with Crippen molar-refractivity contribution in [1.82, 2.24) is 5.32 Å². The van der Waals surface area contributed by atoms with Crippen molar-refractivity contribution in [3.8, 4) is 5.75 Å². The average molecular weight is 263 g/mol. The van der Waals surface area contributed by atoms with Crippen LogP contribution in [0.1, 0.15) is 38.5 Å². The highest BCUT2D eigenvalue weighted by atomic mass is 16.6. The van der Waals surface area contributed by atoms with Crippen LogP contribution in [0.4, 0.5) is 4.79 Å². The van der Waals surface area contributed by atoms with Crippen LogP contribution in [0.3, 0.4) is 0 Å². The Bertz CT molecular complexity index is 397. The van der Waals surface area contributed by atoms with E-state index in [0.29, 0.717) is 5.75 Å². The topological polar surface area (TPSA) is 58.6 Å². The first-order valence-corrected chi connectivity index (χ1v) is 6.91. The number of hydrogen-bond acceptors (Lipinski definition) is 3. The van der Waals surface area contributed by atoms with E-state index in [0.717, 1.165) is 38.5 Å². The van der Waals surface area contributed by atoms with Crippen LogP contribution in [0, 0.1) is 0 Å². The molecule has 4 nitrogen and oxygen atoms in total. The van der Waals surface area contributed by atoms with E-state index in [2.05, 4.69) is 5.32 Å². The number of aliphatic hydroxyl groups is 1. The smallest absolute Gasteiger partial charge is 0.410 e. The van der Waals surface area contributed by atoms with Gasteiger partial charge in [-0.2, -0.15) is 0 Å². The fourth-order valence-electron chi connectivity index (χ4n) is 2.43. The van der Waals surface area contributed by atoms with Gasteiger partial charge in [-0.25, -0.2) is 4.79 Å². The quantitative estimate of drug-likeness (QED) is 0.824. The predicted molar refractivity (Wildman–Crippen MR) is 73.1 cm³/mol. The van der Waals surface area contributed by atoms with Crippen molar-refractivity contribution < 1.29 is 14.6 Å². The van der Waals surface area contributed by atoms with Crippen LogP contribution in [0.5, 0.6) is 5.75 Å². The van der Waals surface area contributed by atoms with Crippen molar-refractivity contribution in [3.05, 3.63) is 30.3 Å². The molecule has 1 aliphatic carbocycles. The van der Waals surface area contributed by atoms with Gasteiger partial charge < -0.3 is 15.2 Å². The molecule has 0 radical (unpaired) electrons. The van der Waals surface area contributed by atoms with Gasteiger partial charge in [0.15, 0.2) is 0 Å². The molecule has 4 heteroatoms. The Kier molecular flexibility index (Phi) is 4.80. The average Bonchev–Trinajstić information content (AvgIpc) is 2.63. The van der Waals surface area contributed by atoms with Crippen LogP contribution in [-0.4, -0.2) is 23.3 Å². The number of carbonyl (C=O) groups excluding carboxylic acids is 1. The van der Waals surface area contributed by atoms with Gasteiger partial charge in [-0.15, -0.1) is 0 Å². The number of amides is 1. The third kappa shape index (κ3) is 4.56. The van der Waals surface area contributed by atoms with Crippen molar-refractivity contribution >= 4 is 6.09 Å². The molecule has 0 atom stereocenters. The summed E-state index contributed by atoms with van der Waals surface area (Å²) in [6.07, 6.45) is 5.35. The van der Waals surface area contributed by atoms with Gasteiger partial charge in [0.05, 0.1) is 5.60 Å². The second-order valence-electron chi connectivity index (χ2n) is 5.19. The van der Waals surface area contributed by atoms with Crippen molar-refractivity contribution in [2.45, 2.75) is 44.1 Å². The van der Waals surface area contributed by atoms with Crippen molar-refractivity contribution in [2.75, 3.05) is 6.54 Å². The molecule has 0 unspecified atom stereocenters. The molecular formula is C15H21NO3. The molecule has 0 bridgehead atoms. The molecule has 0 spiro atoms. The zero-order valence-electron chi connectivity index (χ0n) is 11.1. The molecule has 2 N–H and O–H groups in total. The molecule has 1 aromatic carbocycles. The van der Waals surface area contributed by atoms with Gasteiger partial charge in [-0.1, -0.05) is 43.9 Å². The maximum atomic E-state index is 11.6. The molecule has 0 saturated heterocycles. The minimum Gasteiger partial charge on any atom is -0.410 e. The number of nitrogens with one attached hydrogen (secondary N) is 1. The number of rotatable bonds is 3. The lowest BCUT2D eigenvalue weighted by molar-refractivity contribution is 0.0261. The fraction of sp³-hybridized carbons (Fsp3) is 0.533. The Morgan fingerprint density at radius 3 is 2.42 bits per heavy atom. The van der Waals surface area contributed by atoms with Crippen LogP contribution < -0.4 is 10.1 Å². The van der Waals surface area contributed by atoms with Crippen molar-refractivity contribution in [2.24, 2.45) is 0 Å². The summed E-state index contributed by atoms with van der Waals surface area (Å²) in [6, 6.07) is 8.92. The third-order valence-corrected chi connectivity index (χ3v) is 3.55. The van der Waals surface area contributed by atoms with Crippen molar-refractivity contribution in [3.63, 3.8) is 0 Å². The van der Waals surface area contributed by atoms with Crippen LogP contribution >= 0.6 is 0 Å². The van der Waals surface area contributed by atoms with Gasteiger partial charge in [0.1, 0.15) is 5.75 Å². The minimum atomic E-state index is -0.772. The standard InChI is InChI=1S/C15H21NO3/c17-14(19-13-8-4-3-5-9-13)16-12-15(18)10-6-1-2-7-11-15/h3-5,8-9,18H,1-2,6-7,10-12H2,(H,16,17). The first-order chi connectivity index (χ1) is 9.18. The highest BCUT2D eigenvalue weighted by molar-refractivity contribution is 5.70. The summed E-state index contributed by atoms with van der Waals surface area (Å²) >= 11 is 0. The molecule has 0 aliphatic heterocycles. The Balaban J connectivity index is 1.79. The first-order valence-electron chi connectivity index (χ1n) is 6.91. The zero-order chi connectivity index (χ0) is 13.6. The Morgan fingerprint density at radius 2 is 1.79 bits per heavy atom. The summed E-state index contributed by atoms with van der Waals surface area (Å²) in [7, 11) is 0. The molecule has 19 heavy (non-hydrogen) atoms. The summed E-state index contributed by atoms with van der Waals surface area (Å²) in [5, 5.41) is 13.1. The van der Waals surface area contributed by atoms with Gasteiger partial charge >= 0.3 is 6.09 Å². The van der Waals surface area contributed by atoms with Gasteiger partial charge in [-0.3, -0.25) is 0 Å². The van der Waals surface area contributed by atoms with Gasteiger partial charge in [0, 0.05) is 6.54 Å². The monoisotopic (exact) mass is 263 g/mol. The van der Waals surface area contributed by atoms with Crippen molar-refractivity contribution in [1.29, 1.82) is 0 Å². The second kappa shape index (κ2) is 6.57. The summed E-state index contributed by atoms with van der Waals surface area (Å²) in [5.41, 5.74) is -0.772. The second-order valence-corrected chi connectivity index (χ2v) is 5.19. The maximum Gasteiger partial charge on any atom is 0.412 e. The maximum absolute atomic E-state index is 11.6. The van der Waals surface area contributed by atoms with Gasteiger partial charge in [0.2, 0.25) is 0 Å². The number of ether oxygens (including phenoxy) is 1. The van der Waals surface area contributed by atoms with E-state index in [-0.39, 0.29) is 6.54 Å². The summed E-state index contributed by atoms with van der Waals surface area (Å²) in [6.45, 7) is 0.263. The van der Waals surface area contributed by atoms with Crippen LogP contribution in [0.25, 0.3) is 0 Å². The molecule has 1 saturated carbocycles. The fourth-order valence-corrected chi connectivity index (χ4v) is 2.43. The number of benzene rings is 1. The predicted octanol–water partition coefficient (Wildman–Crippen LogP) is 2.86. The van der Waals surface area contributed by atoms with Crippen LogP contribution in [-0.2, 0) is 0 Å². The Hall–Kier alpha value is -1.55. The minimum absolute atomic E-state index is 0.263.